The Labute approximate surface area is 74.4 Å². The van der Waals surface area contributed by atoms with Gasteiger partial charge in [-0.25, -0.2) is 0 Å². The van der Waals surface area contributed by atoms with Crippen molar-refractivity contribution in [2.75, 3.05) is 20.6 Å². The first kappa shape index (κ1) is 13.9. The summed E-state index contributed by atoms with van der Waals surface area (Å²) in [6.45, 7) is 4.52. The van der Waals surface area contributed by atoms with Crippen LogP contribution >= 0.6 is 0 Å². The summed E-state index contributed by atoms with van der Waals surface area (Å²) >= 11 is 0. The minimum Gasteiger partial charge on any atom is -0.480 e. The summed E-state index contributed by atoms with van der Waals surface area (Å²) in [6, 6.07) is -0.380. The maximum atomic E-state index is 10.1. The molecule has 0 bridgehead atoms. The number of nitrogens with zero attached hydrogens (tertiary/aromatic N) is 1. The van der Waals surface area contributed by atoms with E-state index in [-0.39, 0.29) is 6.04 Å². The highest BCUT2D eigenvalue weighted by molar-refractivity contribution is 5.72. The summed E-state index contributed by atoms with van der Waals surface area (Å²) < 4.78 is 0. The average molecular weight is 176 g/mol. The quantitative estimate of drug-likeness (QED) is 0.652. The third-order valence-corrected chi connectivity index (χ3v) is 1.42. The van der Waals surface area contributed by atoms with E-state index in [1.807, 2.05) is 0 Å². The lowest BCUT2D eigenvalue weighted by atomic mass is 10.3. The van der Waals surface area contributed by atoms with Gasteiger partial charge in [0.05, 0.1) is 0 Å². The highest BCUT2D eigenvalue weighted by Crippen LogP contribution is 1.88. The lowest BCUT2D eigenvalue weighted by Crippen LogP contribution is -2.32. The highest BCUT2D eigenvalue weighted by Gasteiger charge is 2.11. The van der Waals surface area contributed by atoms with E-state index in [0.29, 0.717) is 0 Å². The Morgan fingerprint density at radius 3 is 1.92 bits per heavy atom. The first-order valence-electron chi connectivity index (χ1n) is 4.06. The van der Waals surface area contributed by atoms with Crippen LogP contribution in [0.15, 0.2) is 0 Å². The second-order valence-corrected chi connectivity index (χ2v) is 2.77. The lowest BCUT2D eigenvalue weighted by Gasteiger charge is -2.13. The average Bonchev–Trinajstić information content (AvgIpc) is 2.03. The van der Waals surface area contributed by atoms with Gasteiger partial charge in [0, 0.05) is 0 Å². The van der Waals surface area contributed by atoms with E-state index >= 15 is 0 Å². The van der Waals surface area contributed by atoms with Crippen LogP contribution in [0.1, 0.15) is 20.3 Å². The van der Waals surface area contributed by atoms with E-state index in [4.69, 9.17) is 10.8 Å². The predicted molar refractivity (Wildman–Crippen MR) is 50.1 cm³/mol. The summed E-state index contributed by atoms with van der Waals surface area (Å²) in [4.78, 5) is 11.7. The van der Waals surface area contributed by atoms with E-state index in [0.717, 1.165) is 13.0 Å². The normalized spacial score (nSPS) is 11.8. The molecule has 0 aliphatic heterocycles. The van der Waals surface area contributed by atoms with Gasteiger partial charge in [-0.1, -0.05) is 6.92 Å². The molecule has 0 heterocycles. The molecule has 0 saturated heterocycles. The number of hydrogen-bond donors (Lipinski definition) is 2. The Morgan fingerprint density at radius 1 is 1.58 bits per heavy atom. The number of carboxylic acid groups (broad SMARTS) is 1. The van der Waals surface area contributed by atoms with Gasteiger partial charge in [-0.2, -0.15) is 0 Å². The first-order chi connectivity index (χ1) is 5.47. The highest BCUT2D eigenvalue weighted by atomic mass is 16.4. The molecule has 0 aliphatic carbocycles. The zero-order chi connectivity index (χ0) is 10.1. The molecule has 0 aromatic rings. The zero-order valence-electron chi connectivity index (χ0n) is 8.37. The maximum absolute atomic E-state index is 10.1. The van der Waals surface area contributed by atoms with Crippen LogP contribution in [0.25, 0.3) is 0 Å². The lowest BCUT2D eigenvalue weighted by molar-refractivity contribution is -0.141. The minimum atomic E-state index is -0.782. The molecule has 3 N–H and O–H groups in total. The molecule has 0 spiro atoms. The van der Waals surface area contributed by atoms with E-state index in [9.17, 15) is 4.79 Å². The fourth-order valence-corrected chi connectivity index (χ4v) is 0.221. The smallest absolute Gasteiger partial charge is 0.320 e. The molecule has 0 rings (SSSR count). The van der Waals surface area contributed by atoms with Crippen molar-refractivity contribution >= 4 is 5.97 Å². The van der Waals surface area contributed by atoms with Crippen molar-refractivity contribution in [1.29, 1.82) is 0 Å². The zero-order valence-corrected chi connectivity index (χ0v) is 8.37. The molecular weight excluding hydrogens is 156 g/mol. The monoisotopic (exact) mass is 176 g/mol. The predicted octanol–water partition coefficient (Wildman–Crippen LogP) is 0.376. The van der Waals surface area contributed by atoms with Crippen molar-refractivity contribution in [2.45, 2.75) is 26.3 Å². The number of rotatable bonds is 3. The number of likely N-dealkylation sites (N-methyl/N-ethyl adjacent to an activating group) is 1. The van der Waals surface area contributed by atoms with E-state index in [2.05, 4.69) is 6.92 Å². The molecule has 74 valence electrons. The van der Waals surface area contributed by atoms with E-state index in [1.54, 1.807) is 25.9 Å². The topological polar surface area (TPSA) is 66.6 Å². The molecule has 0 amide bonds. The van der Waals surface area contributed by atoms with Crippen molar-refractivity contribution in [3.63, 3.8) is 0 Å². The Hall–Kier alpha value is -0.610. The maximum Gasteiger partial charge on any atom is 0.320 e. The fraction of sp³-hybridized carbons (Fsp3) is 0.875. The standard InChI is InChI=1S/C5H11NO2.C3H9N/c1-4(5(7)8)6(2)3;1-2-3-4/h4H,1-3H3,(H,7,8);2-4H2,1H3. The van der Waals surface area contributed by atoms with Gasteiger partial charge >= 0.3 is 5.97 Å². The molecule has 0 aliphatic rings. The summed E-state index contributed by atoms with van der Waals surface area (Å²) in [6.07, 6.45) is 1.10. The summed E-state index contributed by atoms with van der Waals surface area (Å²) in [5, 5.41) is 8.31. The molecular formula is C8H20N2O2. The third kappa shape index (κ3) is 9.39. The van der Waals surface area contributed by atoms with Gasteiger partial charge < -0.3 is 10.8 Å². The Bertz CT molecular complexity index is 114. The van der Waals surface area contributed by atoms with Crippen molar-refractivity contribution in [2.24, 2.45) is 5.73 Å². The fourth-order valence-electron chi connectivity index (χ4n) is 0.221. The molecule has 0 aromatic heterocycles. The van der Waals surface area contributed by atoms with E-state index < -0.39 is 5.97 Å². The molecule has 4 nitrogen and oxygen atoms in total. The van der Waals surface area contributed by atoms with Crippen LogP contribution in [0.5, 0.6) is 0 Å². The van der Waals surface area contributed by atoms with Crippen LogP contribution < -0.4 is 5.73 Å². The van der Waals surface area contributed by atoms with Crippen molar-refractivity contribution in [3.05, 3.63) is 0 Å². The van der Waals surface area contributed by atoms with Crippen LogP contribution in [0.3, 0.4) is 0 Å². The van der Waals surface area contributed by atoms with Gasteiger partial charge in [0.2, 0.25) is 0 Å². The Kier molecular flexibility index (Phi) is 9.86. The van der Waals surface area contributed by atoms with Crippen molar-refractivity contribution in [1.82, 2.24) is 4.90 Å². The molecule has 0 radical (unpaired) electrons. The number of carboxylic acids is 1. The number of aliphatic carboxylic acids is 1. The summed E-state index contributed by atoms with van der Waals surface area (Å²) in [7, 11) is 3.47. The molecule has 0 fully saturated rings. The second-order valence-electron chi connectivity index (χ2n) is 2.77. The minimum absolute atomic E-state index is 0.380. The van der Waals surface area contributed by atoms with Crippen molar-refractivity contribution < 1.29 is 9.90 Å². The van der Waals surface area contributed by atoms with Gasteiger partial charge in [-0.15, -0.1) is 0 Å². The van der Waals surface area contributed by atoms with Gasteiger partial charge in [0.15, 0.2) is 0 Å². The number of carbonyl (C=O) groups is 1. The Morgan fingerprint density at radius 2 is 1.92 bits per heavy atom. The van der Waals surface area contributed by atoms with Gasteiger partial charge in [-0.05, 0) is 34.0 Å². The molecule has 1 unspecified atom stereocenters. The summed E-state index contributed by atoms with van der Waals surface area (Å²) in [5.74, 6) is -0.782. The largest absolute Gasteiger partial charge is 0.480 e. The molecule has 12 heavy (non-hydrogen) atoms. The van der Waals surface area contributed by atoms with Crippen LogP contribution in [-0.4, -0.2) is 42.7 Å². The first-order valence-corrected chi connectivity index (χ1v) is 4.06. The van der Waals surface area contributed by atoms with Crippen LogP contribution in [-0.2, 0) is 4.79 Å². The van der Waals surface area contributed by atoms with Gasteiger partial charge in [-0.3, -0.25) is 9.69 Å². The molecule has 4 heteroatoms. The number of nitrogens with two attached hydrogens (primary N) is 1. The van der Waals surface area contributed by atoms with Crippen molar-refractivity contribution in [3.8, 4) is 0 Å². The number of hydrogen-bond acceptors (Lipinski definition) is 3. The molecule has 0 saturated carbocycles. The van der Waals surface area contributed by atoms with Gasteiger partial charge in [0.1, 0.15) is 6.04 Å². The summed E-state index contributed by atoms with van der Waals surface area (Å²) in [5.41, 5.74) is 5.03. The van der Waals surface area contributed by atoms with Gasteiger partial charge in [0.25, 0.3) is 0 Å². The van der Waals surface area contributed by atoms with Crippen LogP contribution in [0, 0.1) is 0 Å². The van der Waals surface area contributed by atoms with E-state index in [1.165, 1.54) is 0 Å². The molecule has 1 atom stereocenters. The molecule has 0 aromatic carbocycles. The Balaban J connectivity index is 0. The van der Waals surface area contributed by atoms with Crippen LogP contribution in [0.4, 0.5) is 0 Å². The second kappa shape index (κ2) is 8.49. The SMILES string of the molecule is CC(C(=O)O)N(C)C.CCCN. The third-order valence-electron chi connectivity index (χ3n) is 1.42. The van der Waals surface area contributed by atoms with Crippen LogP contribution in [0.2, 0.25) is 0 Å².